The molecule has 1 saturated heterocycles. The van der Waals surface area contributed by atoms with E-state index in [0.29, 0.717) is 18.3 Å². The Kier molecular flexibility index (Phi) is 5.78. The van der Waals surface area contributed by atoms with Crippen molar-refractivity contribution < 1.29 is 4.79 Å². The molecule has 1 unspecified atom stereocenters. The van der Waals surface area contributed by atoms with Crippen LogP contribution < -0.4 is 15.5 Å². The molecule has 0 bridgehead atoms. The van der Waals surface area contributed by atoms with Crippen LogP contribution in [0, 0.1) is 5.92 Å². The molecule has 0 radical (unpaired) electrons. The molecule has 1 aromatic heterocycles. The van der Waals surface area contributed by atoms with Crippen LogP contribution in [0.2, 0.25) is 0 Å². The van der Waals surface area contributed by atoms with E-state index in [1.165, 1.54) is 12.8 Å². The first-order valence-corrected chi connectivity index (χ1v) is 7.76. The van der Waals surface area contributed by atoms with Gasteiger partial charge in [0, 0.05) is 25.7 Å². The molecule has 21 heavy (non-hydrogen) atoms. The molecule has 2 N–H and O–H groups in total. The van der Waals surface area contributed by atoms with Gasteiger partial charge in [-0.25, -0.2) is 9.97 Å². The lowest BCUT2D eigenvalue weighted by atomic mass is 10.0. The first-order chi connectivity index (χ1) is 10.2. The number of piperidine rings is 1. The maximum atomic E-state index is 11.6. The summed E-state index contributed by atoms with van der Waals surface area (Å²) >= 11 is 0. The number of nitrogens with one attached hydrogen (secondary N) is 2. The number of hydrogen-bond donors (Lipinski definition) is 2. The van der Waals surface area contributed by atoms with Gasteiger partial charge in [0.15, 0.2) is 0 Å². The standard InChI is InChI=1S/C15H25N5O/c1-3-6-16-15(21)9-17-13-8-14(19-11-18-13)20-7-4-5-12(2)10-20/h8,11-12H,3-7,9-10H2,1-2H3,(H,16,21)(H,17,18,19). The maximum Gasteiger partial charge on any atom is 0.239 e. The van der Waals surface area contributed by atoms with Gasteiger partial charge in [-0.05, 0) is 25.2 Å². The Labute approximate surface area is 126 Å². The SMILES string of the molecule is CCCNC(=O)CNc1cc(N2CCCC(C)C2)ncn1. The third-order valence-corrected chi connectivity index (χ3v) is 3.64. The Balaban J connectivity index is 1.90. The van der Waals surface area contributed by atoms with E-state index in [2.05, 4.69) is 32.4 Å². The minimum absolute atomic E-state index is 0.0105. The molecule has 0 spiro atoms. The molecule has 0 aliphatic carbocycles. The monoisotopic (exact) mass is 291 g/mol. The molecule has 2 heterocycles. The Morgan fingerprint density at radius 2 is 2.33 bits per heavy atom. The third kappa shape index (κ3) is 4.88. The van der Waals surface area contributed by atoms with Gasteiger partial charge in [-0.2, -0.15) is 0 Å². The Hall–Kier alpha value is -1.85. The fraction of sp³-hybridized carbons (Fsp3) is 0.667. The number of anilines is 2. The van der Waals surface area contributed by atoms with Crippen LogP contribution >= 0.6 is 0 Å². The minimum Gasteiger partial charge on any atom is -0.361 e. The Morgan fingerprint density at radius 3 is 3.10 bits per heavy atom. The van der Waals surface area contributed by atoms with Crippen molar-refractivity contribution in [3.05, 3.63) is 12.4 Å². The van der Waals surface area contributed by atoms with E-state index >= 15 is 0 Å². The average molecular weight is 291 g/mol. The van der Waals surface area contributed by atoms with Crippen LogP contribution in [0.15, 0.2) is 12.4 Å². The first kappa shape index (κ1) is 15.5. The number of carbonyl (C=O) groups is 1. The second-order valence-corrected chi connectivity index (χ2v) is 5.66. The van der Waals surface area contributed by atoms with E-state index in [1.54, 1.807) is 6.33 Å². The highest BCUT2D eigenvalue weighted by Crippen LogP contribution is 2.22. The topological polar surface area (TPSA) is 70.2 Å². The number of nitrogens with zero attached hydrogens (tertiary/aromatic N) is 3. The van der Waals surface area contributed by atoms with Crippen molar-refractivity contribution in [2.75, 3.05) is 36.4 Å². The summed E-state index contributed by atoms with van der Waals surface area (Å²) in [5, 5.41) is 5.89. The average Bonchev–Trinajstić information content (AvgIpc) is 2.51. The molecular weight excluding hydrogens is 266 g/mol. The summed E-state index contributed by atoms with van der Waals surface area (Å²) < 4.78 is 0. The summed E-state index contributed by atoms with van der Waals surface area (Å²) in [5.74, 6) is 2.33. The zero-order chi connectivity index (χ0) is 15.1. The van der Waals surface area contributed by atoms with E-state index in [1.807, 2.05) is 13.0 Å². The van der Waals surface area contributed by atoms with Gasteiger partial charge in [-0.3, -0.25) is 4.79 Å². The molecule has 6 heteroatoms. The van der Waals surface area contributed by atoms with Gasteiger partial charge in [-0.15, -0.1) is 0 Å². The van der Waals surface area contributed by atoms with E-state index in [9.17, 15) is 4.79 Å². The quantitative estimate of drug-likeness (QED) is 0.834. The highest BCUT2D eigenvalue weighted by atomic mass is 16.1. The van der Waals surface area contributed by atoms with Crippen LogP contribution in [0.3, 0.4) is 0 Å². The van der Waals surface area contributed by atoms with Crippen LogP contribution in [0.1, 0.15) is 33.1 Å². The van der Waals surface area contributed by atoms with Crippen LogP contribution in [-0.4, -0.2) is 42.1 Å². The molecule has 1 atom stereocenters. The summed E-state index contributed by atoms with van der Waals surface area (Å²) in [5.41, 5.74) is 0. The lowest BCUT2D eigenvalue weighted by molar-refractivity contribution is -0.119. The molecular formula is C15H25N5O. The van der Waals surface area contributed by atoms with Crippen LogP contribution in [0.25, 0.3) is 0 Å². The highest BCUT2D eigenvalue weighted by molar-refractivity contribution is 5.80. The summed E-state index contributed by atoms with van der Waals surface area (Å²) in [6.07, 6.45) is 4.98. The maximum absolute atomic E-state index is 11.6. The molecule has 1 fully saturated rings. The van der Waals surface area contributed by atoms with Crippen molar-refractivity contribution in [1.82, 2.24) is 15.3 Å². The molecule has 1 aromatic rings. The molecule has 116 valence electrons. The summed E-state index contributed by atoms with van der Waals surface area (Å²) in [6.45, 7) is 7.33. The fourth-order valence-corrected chi connectivity index (χ4v) is 2.51. The normalized spacial score (nSPS) is 18.4. The van der Waals surface area contributed by atoms with Gasteiger partial charge in [0.25, 0.3) is 0 Å². The van der Waals surface area contributed by atoms with Gasteiger partial charge in [0.1, 0.15) is 18.0 Å². The van der Waals surface area contributed by atoms with Gasteiger partial charge in [0.2, 0.25) is 5.91 Å². The molecule has 1 amide bonds. The number of aromatic nitrogens is 2. The lowest BCUT2D eigenvalue weighted by Crippen LogP contribution is -2.35. The van der Waals surface area contributed by atoms with Gasteiger partial charge >= 0.3 is 0 Å². The molecule has 2 rings (SSSR count). The van der Waals surface area contributed by atoms with E-state index in [-0.39, 0.29) is 12.5 Å². The van der Waals surface area contributed by atoms with Crippen molar-refractivity contribution >= 4 is 17.5 Å². The smallest absolute Gasteiger partial charge is 0.239 e. The number of rotatable bonds is 6. The first-order valence-electron chi connectivity index (χ1n) is 7.76. The van der Waals surface area contributed by atoms with E-state index < -0.39 is 0 Å². The van der Waals surface area contributed by atoms with Crippen molar-refractivity contribution in [3.63, 3.8) is 0 Å². The highest BCUT2D eigenvalue weighted by Gasteiger charge is 2.17. The van der Waals surface area contributed by atoms with Gasteiger partial charge in [-0.1, -0.05) is 13.8 Å². The number of hydrogen-bond acceptors (Lipinski definition) is 5. The largest absolute Gasteiger partial charge is 0.361 e. The van der Waals surface area contributed by atoms with Gasteiger partial charge < -0.3 is 15.5 Å². The zero-order valence-electron chi connectivity index (χ0n) is 12.9. The summed E-state index contributed by atoms with van der Waals surface area (Å²) in [7, 11) is 0. The van der Waals surface area contributed by atoms with E-state index in [4.69, 9.17) is 0 Å². The van der Waals surface area contributed by atoms with Gasteiger partial charge in [0.05, 0.1) is 6.54 Å². The number of carbonyl (C=O) groups excluding carboxylic acids is 1. The van der Waals surface area contributed by atoms with Crippen LogP contribution in [0.4, 0.5) is 11.6 Å². The second-order valence-electron chi connectivity index (χ2n) is 5.66. The number of amides is 1. The second kappa shape index (κ2) is 7.81. The van der Waals surface area contributed by atoms with E-state index in [0.717, 1.165) is 25.3 Å². The minimum atomic E-state index is -0.0105. The molecule has 1 aliphatic heterocycles. The predicted molar refractivity (Wildman–Crippen MR) is 84.4 cm³/mol. The third-order valence-electron chi connectivity index (χ3n) is 3.64. The van der Waals surface area contributed by atoms with Crippen molar-refractivity contribution in [2.24, 2.45) is 5.92 Å². The fourth-order valence-electron chi connectivity index (χ4n) is 2.51. The molecule has 0 saturated carbocycles. The lowest BCUT2D eigenvalue weighted by Gasteiger charge is -2.31. The van der Waals surface area contributed by atoms with Crippen molar-refractivity contribution in [2.45, 2.75) is 33.1 Å². The predicted octanol–water partition coefficient (Wildman–Crippen LogP) is 1.65. The summed E-state index contributed by atoms with van der Waals surface area (Å²) in [6, 6.07) is 1.92. The van der Waals surface area contributed by atoms with Crippen LogP contribution in [0.5, 0.6) is 0 Å². The zero-order valence-corrected chi connectivity index (χ0v) is 12.9. The Bertz CT molecular complexity index is 465. The summed E-state index contributed by atoms with van der Waals surface area (Å²) in [4.78, 5) is 22.4. The molecule has 0 aromatic carbocycles. The van der Waals surface area contributed by atoms with Crippen molar-refractivity contribution in [1.29, 1.82) is 0 Å². The Morgan fingerprint density at radius 1 is 1.48 bits per heavy atom. The molecule has 6 nitrogen and oxygen atoms in total. The molecule has 1 aliphatic rings. The van der Waals surface area contributed by atoms with Crippen molar-refractivity contribution in [3.8, 4) is 0 Å². The van der Waals surface area contributed by atoms with Crippen LogP contribution in [-0.2, 0) is 4.79 Å².